The molecule has 1 heterocycles. The summed E-state index contributed by atoms with van der Waals surface area (Å²) in [5.74, 6) is 0.844. The summed E-state index contributed by atoms with van der Waals surface area (Å²) in [5, 5.41) is 3.00. The molecule has 0 fully saturated rings. The second kappa shape index (κ2) is 5.09. The van der Waals surface area contributed by atoms with E-state index < -0.39 is 0 Å². The third kappa shape index (κ3) is 2.23. The first-order chi connectivity index (χ1) is 7.85. The summed E-state index contributed by atoms with van der Waals surface area (Å²) in [6.45, 7) is 0.555. The van der Waals surface area contributed by atoms with Gasteiger partial charge in [0, 0.05) is 18.1 Å². The van der Waals surface area contributed by atoms with Gasteiger partial charge in [-0.2, -0.15) is 0 Å². The molecule has 84 valence electrons. The van der Waals surface area contributed by atoms with Crippen molar-refractivity contribution < 1.29 is 9.47 Å². The standard InChI is InChI=1S/C12H13NO2S/c1-14-7-12-13-10(8-16-12)9-5-3-4-6-11(9)15-2/h3-6,8H,7H2,1-2H3. The molecule has 0 bridgehead atoms. The highest BCUT2D eigenvalue weighted by Gasteiger charge is 2.08. The normalized spacial score (nSPS) is 10.4. The van der Waals surface area contributed by atoms with Crippen molar-refractivity contribution in [3.8, 4) is 17.0 Å². The molecule has 0 aliphatic carbocycles. The van der Waals surface area contributed by atoms with Gasteiger partial charge in [0.05, 0.1) is 19.4 Å². The number of benzene rings is 1. The molecule has 0 amide bonds. The van der Waals surface area contributed by atoms with Crippen LogP contribution in [0.3, 0.4) is 0 Å². The number of para-hydroxylation sites is 1. The second-order valence-electron chi connectivity index (χ2n) is 3.26. The molecule has 16 heavy (non-hydrogen) atoms. The van der Waals surface area contributed by atoms with E-state index in [1.165, 1.54) is 0 Å². The van der Waals surface area contributed by atoms with Crippen LogP contribution < -0.4 is 4.74 Å². The molecule has 0 radical (unpaired) electrons. The van der Waals surface area contributed by atoms with Crippen LogP contribution in [0, 0.1) is 0 Å². The van der Waals surface area contributed by atoms with Gasteiger partial charge < -0.3 is 9.47 Å². The number of aromatic nitrogens is 1. The van der Waals surface area contributed by atoms with Crippen molar-refractivity contribution in [1.29, 1.82) is 0 Å². The average molecular weight is 235 g/mol. The second-order valence-corrected chi connectivity index (χ2v) is 4.20. The lowest BCUT2D eigenvalue weighted by molar-refractivity contribution is 0.184. The number of thiazole rings is 1. The van der Waals surface area contributed by atoms with Crippen LogP contribution in [-0.4, -0.2) is 19.2 Å². The Balaban J connectivity index is 2.34. The van der Waals surface area contributed by atoms with Gasteiger partial charge in [-0.15, -0.1) is 11.3 Å². The molecule has 0 saturated heterocycles. The Morgan fingerprint density at radius 2 is 2.06 bits per heavy atom. The molecule has 0 saturated carbocycles. The molecule has 0 spiro atoms. The van der Waals surface area contributed by atoms with Gasteiger partial charge in [0.25, 0.3) is 0 Å². The molecule has 2 rings (SSSR count). The maximum atomic E-state index is 5.30. The Bertz CT molecular complexity index is 468. The van der Waals surface area contributed by atoms with E-state index in [1.54, 1.807) is 25.6 Å². The Labute approximate surface area is 98.7 Å². The van der Waals surface area contributed by atoms with Crippen molar-refractivity contribution >= 4 is 11.3 Å². The quantitative estimate of drug-likeness (QED) is 0.816. The molecule has 0 N–H and O–H groups in total. The van der Waals surface area contributed by atoms with Crippen molar-refractivity contribution in [3.05, 3.63) is 34.7 Å². The summed E-state index contributed by atoms with van der Waals surface area (Å²) in [5.41, 5.74) is 1.96. The fourth-order valence-electron chi connectivity index (χ4n) is 1.48. The van der Waals surface area contributed by atoms with E-state index in [1.807, 2.05) is 29.6 Å². The molecule has 0 atom stereocenters. The van der Waals surface area contributed by atoms with Gasteiger partial charge in [-0.3, -0.25) is 0 Å². The van der Waals surface area contributed by atoms with Crippen LogP contribution in [0.4, 0.5) is 0 Å². The number of ether oxygens (including phenoxy) is 2. The smallest absolute Gasteiger partial charge is 0.128 e. The SMILES string of the molecule is COCc1nc(-c2ccccc2OC)cs1. The summed E-state index contributed by atoms with van der Waals surface area (Å²) in [6.07, 6.45) is 0. The van der Waals surface area contributed by atoms with E-state index in [0.717, 1.165) is 22.0 Å². The van der Waals surface area contributed by atoms with Crippen LogP contribution >= 0.6 is 11.3 Å². The van der Waals surface area contributed by atoms with Gasteiger partial charge >= 0.3 is 0 Å². The van der Waals surface area contributed by atoms with Crippen molar-refractivity contribution in [2.75, 3.05) is 14.2 Å². The zero-order valence-electron chi connectivity index (χ0n) is 9.27. The molecular formula is C12H13NO2S. The number of hydrogen-bond acceptors (Lipinski definition) is 4. The summed E-state index contributed by atoms with van der Waals surface area (Å²) in [6, 6.07) is 7.87. The van der Waals surface area contributed by atoms with E-state index in [2.05, 4.69) is 4.98 Å². The van der Waals surface area contributed by atoms with Crippen LogP contribution in [0.2, 0.25) is 0 Å². The molecule has 3 nitrogen and oxygen atoms in total. The van der Waals surface area contributed by atoms with Crippen molar-refractivity contribution in [2.24, 2.45) is 0 Å². The number of hydrogen-bond donors (Lipinski definition) is 0. The van der Waals surface area contributed by atoms with Gasteiger partial charge in [0.2, 0.25) is 0 Å². The summed E-state index contributed by atoms with van der Waals surface area (Å²) >= 11 is 1.60. The highest BCUT2D eigenvalue weighted by Crippen LogP contribution is 2.30. The van der Waals surface area contributed by atoms with Crippen LogP contribution in [0.15, 0.2) is 29.6 Å². The minimum atomic E-state index is 0.555. The average Bonchev–Trinajstić information content (AvgIpc) is 2.78. The first-order valence-electron chi connectivity index (χ1n) is 4.92. The Morgan fingerprint density at radius 3 is 2.81 bits per heavy atom. The maximum absolute atomic E-state index is 5.30. The summed E-state index contributed by atoms with van der Waals surface area (Å²) in [7, 11) is 3.34. The fourth-order valence-corrected chi connectivity index (χ4v) is 2.24. The molecule has 1 aromatic carbocycles. The van der Waals surface area contributed by atoms with Gasteiger partial charge in [-0.1, -0.05) is 12.1 Å². The topological polar surface area (TPSA) is 31.4 Å². The van der Waals surface area contributed by atoms with Crippen LogP contribution in [-0.2, 0) is 11.3 Å². The van der Waals surface area contributed by atoms with Crippen molar-refractivity contribution in [3.63, 3.8) is 0 Å². The Hall–Kier alpha value is -1.39. The Morgan fingerprint density at radius 1 is 1.25 bits per heavy atom. The first kappa shape index (κ1) is 11.1. The predicted molar refractivity (Wildman–Crippen MR) is 64.8 cm³/mol. The van der Waals surface area contributed by atoms with Gasteiger partial charge in [0.1, 0.15) is 10.8 Å². The van der Waals surface area contributed by atoms with Gasteiger partial charge in [-0.05, 0) is 12.1 Å². The minimum absolute atomic E-state index is 0.555. The molecule has 1 aromatic heterocycles. The third-order valence-corrected chi connectivity index (χ3v) is 3.02. The van der Waals surface area contributed by atoms with Crippen LogP contribution in [0.5, 0.6) is 5.75 Å². The van der Waals surface area contributed by atoms with E-state index in [4.69, 9.17) is 9.47 Å². The fraction of sp³-hybridized carbons (Fsp3) is 0.250. The molecule has 0 aliphatic heterocycles. The van der Waals surface area contributed by atoms with Crippen LogP contribution in [0.25, 0.3) is 11.3 Å². The third-order valence-electron chi connectivity index (χ3n) is 2.20. The Kier molecular flexibility index (Phi) is 3.54. The lowest BCUT2D eigenvalue weighted by Gasteiger charge is -2.04. The highest BCUT2D eigenvalue weighted by molar-refractivity contribution is 7.09. The van der Waals surface area contributed by atoms with Gasteiger partial charge in [-0.25, -0.2) is 4.98 Å². The summed E-state index contributed by atoms with van der Waals surface area (Å²) < 4.78 is 10.4. The molecule has 0 unspecified atom stereocenters. The lowest BCUT2D eigenvalue weighted by Crippen LogP contribution is -1.89. The predicted octanol–water partition coefficient (Wildman–Crippen LogP) is 2.97. The van der Waals surface area contributed by atoms with Gasteiger partial charge in [0.15, 0.2) is 0 Å². The number of nitrogens with zero attached hydrogens (tertiary/aromatic N) is 1. The van der Waals surface area contributed by atoms with Crippen molar-refractivity contribution in [2.45, 2.75) is 6.61 Å². The van der Waals surface area contributed by atoms with Crippen molar-refractivity contribution in [1.82, 2.24) is 4.98 Å². The molecule has 4 heteroatoms. The highest BCUT2D eigenvalue weighted by atomic mass is 32.1. The zero-order valence-corrected chi connectivity index (χ0v) is 10.1. The first-order valence-corrected chi connectivity index (χ1v) is 5.80. The molecule has 0 aliphatic rings. The van der Waals surface area contributed by atoms with E-state index in [-0.39, 0.29) is 0 Å². The minimum Gasteiger partial charge on any atom is -0.496 e. The number of rotatable bonds is 4. The largest absolute Gasteiger partial charge is 0.496 e. The lowest BCUT2D eigenvalue weighted by atomic mass is 10.1. The zero-order chi connectivity index (χ0) is 11.4. The summed E-state index contributed by atoms with van der Waals surface area (Å²) in [4.78, 5) is 4.49. The molecular weight excluding hydrogens is 222 g/mol. The van der Waals surface area contributed by atoms with E-state index in [0.29, 0.717) is 6.61 Å². The maximum Gasteiger partial charge on any atom is 0.128 e. The monoisotopic (exact) mass is 235 g/mol. The van der Waals surface area contributed by atoms with E-state index in [9.17, 15) is 0 Å². The van der Waals surface area contributed by atoms with E-state index >= 15 is 0 Å². The molecule has 2 aromatic rings. The number of methoxy groups -OCH3 is 2. The van der Waals surface area contributed by atoms with Crippen LogP contribution in [0.1, 0.15) is 5.01 Å².